The number of nitrogens with zero attached hydrogens (tertiary/aromatic N) is 3. The highest BCUT2D eigenvalue weighted by Gasteiger charge is 2.48. The fourth-order valence-electron chi connectivity index (χ4n) is 8.29. The molecule has 20 heteroatoms. The van der Waals surface area contributed by atoms with Crippen LogP contribution in [0.3, 0.4) is 0 Å². The molecule has 0 saturated carbocycles. The summed E-state index contributed by atoms with van der Waals surface area (Å²) in [5.41, 5.74) is 2.42. The SMILES string of the molecule is CCN1/C(=C/C=C/C=C/C2=[N+](CCCCCC(=O)ON3C(=O)CCC3=O)c3ccc(S(=O)(=O)O)cc3C2(C)CCOC)C(C)(CCCS(=O)(=O)O)c2cc(S(=O)(=O)O)ccc21. The van der Waals surface area contributed by atoms with E-state index in [9.17, 15) is 53.3 Å². The van der Waals surface area contributed by atoms with Gasteiger partial charge < -0.3 is 14.5 Å². The Bertz CT molecular complexity index is 2510. The van der Waals surface area contributed by atoms with E-state index in [1.807, 2.05) is 48.5 Å². The number of hydrogen-bond donors (Lipinski definition) is 3. The van der Waals surface area contributed by atoms with Crippen molar-refractivity contribution in [2.45, 2.75) is 99.2 Å². The molecule has 2 amide bonds. The number of hydroxylamine groups is 2. The fraction of sp³-hybridized carbons (Fsp3) is 0.463. The van der Waals surface area contributed by atoms with Gasteiger partial charge in [-0.1, -0.05) is 18.2 Å². The first-order valence-electron chi connectivity index (χ1n) is 19.8. The molecular weight excluding hydrogens is 855 g/mol. The summed E-state index contributed by atoms with van der Waals surface area (Å²) in [6.45, 7) is 6.93. The number of imide groups is 1. The van der Waals surface area contributed by atoms with E-state index >= 15 is 0 Å². The van der Waals surface area contributed by atoms with Crippen molar-refractivity contribution in [2.75, 3.05) is 37.5 Å². The van der Waals surface area contributed by atoms with Crippen molar-refractivity contribution in [3.05, 3.63) is 83.6 Å². The van der Waals surface area contributed by atoms with Gasteiger partial charge in [-0.25, -0.2) is 4.79 Å². The molecule has 0 aliphatic carbocycles. The molecule has 0 aromatic heterocycles. The van der Waals surface area contributed by atoms with E-state index in [2.05, 4.69) is 0 Å². The maximum Gasteiger partial charge on any atom is 0.333 e. The van der Waals surface area contributed by atoms with Gasteiger partial charge in [0, 0.05) is 80.4 Å². The molecule has 17 nitrogen and oxygen atoms in total. The summed E-state index contributed by atoms with van der Waals surface area (Å²) in [5, 5.41) is 0.519. The summed E-state index contributed by atoms with van der Waals surface area (Å²) < 4.78 is 109. The second-order valence-electron chi connectivity index (χ2n) is 15.5. The van der Waals surface area contributed by atoms with E-state index in [1.165, 1.54) is 24.3 Å². The Kier molecular flexibility index (Phi) is 14.6. The van der Waals surface area contributed by atoms with Gasteiger partial charge in [-0.05, 0) is 94.8 Å². The second kappa shape index (κ2) is 18.8. The highest BCUT2D eigenvalue weighted by Crippen LogP contribution is 2.51. The first kappa shape index (κ1) is 47.5. The van der Waals surface area contributed by atoms with Crippen molar-refractivity contribution < 1.29 is 67.4 Å². The molecule has 3 aliphatic rings. The number of carbonyl (C=O) groups excluding carboxylic acids is 3. The van der Waals surface area contributed by atoms with Crippen molar-refractivity contribution in [2.24, 2.45) is 0 Å². The Labute approximate surface area is 356 Å². The summed E-state index contributed by atoms with van der Waals surface area (Å²) in [7, 11) is -11.8. The van der Waals surface area contributed by atoms with Gasteiger partial charge in [-0.2, -0.15) is 29.8 Å². The number of hydrogen-bond acceptors (Lipinski definition) is 12. The second-order valence-corrected chi connectivity index (χ2v) is 20.0. The standard InChI is InChI=1S/C41H51N3O14S3/c1-5-42-33-18-16-29(60(51,52)53)27-31(33)40(2,22-12-26-59(48,49)50)35(42)13-8-6-9-14-36-41(3,23-25-57-4)32-28-30(61(54,55)56)17-19-34(32)43(36)24-11-7-10-15-39(47)58-44-37(45)20-21-38(44)46/h6,8-9,13-14,16-19,27-28H,5,7,10-12,15,20-26H2,1-4H3,(H2-,48,49,50,51,52,53,54,55,56)/p+1. The molecule has 2 unspecified atom stereocenters. The Balaban J connectivity index is 1.46. The Morgan fingerprint density at radius 1 is 0.820 bits per heavy atom. The predicted octanol–water partition coefficient (Wildman–Crippen LogP) is 5.20. The first-order chi connectivity index (χ1) is 28.5. The average molecular weight is 907 g/mol. The molecule has 1 saturated heterocycles. The minimum atomic E-state index is -4.56. The predicted molar refractivity (Wildman–Crippen MR) is 224 cm³/mol. The fourth-order valence-corrected chi connectivity index (χ4v) is 9.81. The third-order valence-corrected chi connectivity index (χ3v) is 13.9. The van der Waals surface area contributed by atoms with E-state index in [-0.39, 0.29) is 41.9 Å². The zero-order valence-electron chi connectivity index (χ0n) is 34.4. The molecule has 61 heavy (non-hydrogen) atoms. The van der Waals surface area contributed by atoms with E-state index in [1.54, 1.807) is 31.4 Å². The van der Waals surface area contributed by atoms with E-state index in [0.29, 0.717) is 67.3 Å². The number of rotatable bonds is 20. The summed E-state index contributed by atoms with van der Waals surface area (Å²) in [6, 6.07) is 8.70. The summed E-state index contributed by atoms with van der Waals surface area (Å²) in [6.07, 6.45) is 11.3. The van der Waals surface area contributed by atoms with Crippen LogP contribution in [0, 0.1) is 0 Å². The zero-order valence-corrected chi connectivity index (χ0v) is 36.9. The van der Waals surface area contributed by atoms with Crippen LogP contribution in [0.25, 0.3) is 0 Å². The summed E-state index contributed by atoms with van der Waals surface area (Å²) in [5.74, 6) is -2.31. The lowest BCUT2D eigenvalue weighted by atomic mass is 9.76. The van der Waals surface area contributed by atoms with Crippen LogP contribution in [0.2, 0.25) is 0 Å². The van der Waals surface area contributed by atoms with Crippen molar-refractivity contribution in [3.8, 4) is 0 Å². The summed E-state index contributed by atoms with van der Waals surface area (Å²) >= 11 is 0. The maximum atomic E-state index is 12.4. The summed E-state index contributed by atoms with van der Waals surface area (Å²) in [4.78, 5) is 42.4. The topological polar surface area (TPSA) is 242 Å². The van der Waals surface area contributed by atoms with Crippen LogP contribution in [0.5, 0.6) is 0 Å². The first-order valence-corrected chi connectivity index (χ1v) is 24.3. The largest absolute Gasteiger partial charge is 0.385 e. The molecule has 0 spiro atoms. The van der Waals surface area contributed by atoms with Gasteiger partial charge in [0.05, 0.1) is 21.0 Å². The number of anilines is 1. The molecule has 0 bridgehead atoms. The molecule has 2 aromatic carbocycles. The molecule has 3 N–H and O–H groups in total. The third kappa shape index (κ3) is 10.7. The Morgan fingerprint density at radius 2 is 1.46 bits per heavy atom. The van der Waals surface area contributed by atoms with Crippen molar-refractivity contribution in [3.63, 3.8) is 0 Å². The van der Waals surface area contributed by atoms with Gasteiger partial charge in [-0.3, -0.25) is 23.2 Å². The number of benzene rings is 2. The number of methoxy groups -OCH3 is 1. The Hall–Kier alpha value is -4.57. The number of carbonyl (C=O) groups is 3. The monoisotopic (exact) mass is 906 g/mol. The normalized spacial score (nSPS) is 21.5. The number of amides is 2. The minimum absolute atomic E-state index is 0.00435. The van der Waals surface area contributed by atoms with Crippen LogP contribution >= 0.6 is 0 Å². The highest BCUT2D eigenvalue weighted by molar-refractivity contribution is 7.86. The van der Waals surface area contributed by atoms with Crippen LogP contribution in [-0.4, -0.2) is 105 Å². The van der Waals surface area contributed by atoms with E-state index in [4.69, 9.17) is 9.57 Å². The number of likely N-dealkylation sites (N-methyl/N-ethyl adjacent to an activating group) is 1. The van der Waals surface area contributed by atoms with Gasteiger partial charge in [0.1, 0.15) is 6.54 Å². The lowest BCUT2D eigenvalue weighted by Crippen LogP contribution is -2.33. The highest BCUT2D eigenvalue weighted by atomic mass is 32.2. The number of ether oxygens (including phenoxy) is 1. The number of fused-ring (bicyclic) bond motifs is 2. The Morgan fingerprint density at radius 3 is 2.07 bits per heavy atom. The van der Waals surface area contributed by atoms with Crippen LogP contribution in [0.4, 0.5) is 11.4 Å². The van der Waals surface area contributed by atoms with Crippen LogP contribution in [-0.2, 0) is 65.1 Å². The molecule has 0 radical (unpaired) electrons. The van der Waals surface area contributed by atoms with Crippen LogP contribution in [0.15, 0.2) is 82.3 Å². The zero-order chi connectivity index (χ0) is 45.0. The van der Waals surface area contributed by atoms with Crippen molar-refractivity contribution in [1.82, 2.24) is 5.06 Å². The molecule has 5 rings (SSSR count). The van der Waals surface area contributed by atoms with Crippen LogP contribution in [0.1, 0.15) is 89.7 Å². The number of unbranched alkanes of at least 4 members (excludes halogenated alkanes) is 2. The molecule has 2 aromatic rings. The molecule has 2 atom stereocenters. The quantitative estimate of drug-likeness (QED) is 0.0508. The molecule has 3 aliphatic heterocycles. The molecule has 3 heterocycles. The lowest BCUT2D eigenvalue weighted by Gasteiger charge is -2.30. The lowest BCUT2D eigenvalue weighted by molar-refractivity contribution is -0.438. The van der Waals surface area contributed by atoms with Crippen molar-refractivity contribution >= 4 is 65.2 Å². The molecule has 1 fully saturated rings. The molecule has 332 valence electrons. The van der Waals surface area contributed by atoms with Gasteiger partial charge >= 0.3 is 5.97 Å². The minimum Gasteiger partial charge on any atom is -0.385 e. The van der Waals surface area contributed by atoms with Gasteiger partial charge in [-0.15, -0.1) is 5.06 Å². The van der Waals surface area contributed by atoms with Gasteiger partial charge in [0.15, 0.2) is 5.71 Å². The third-order valence-electron chi connectivity index (χ3n) is 11.4. The van der Waals surface area contributed by atoms with Crippen LogP contribution < -0.4 is 4.90 Å². The van der Waals surface area contributed by atoms with Gasteiger partial charge in [0.2, 0.25) is 5.69 Å². The van der Waals surface area contributed by atoms with E-state index < -0.39 is 64.7 Å². The number of allylic oxidation sites excluding steroid dienone is 6. The average Bonchev–Trinajstić information content (AvgIpc) is 3.71. The van der Waals surface area contributed by atoms with Crippen molar-refractivity contribution in [1.29, 1.82) is 0 Å². The van der Waals surface area contributed by atoms with E-state index in [0.717, 1.165) is 17.1 Å². The maximum absolute atomic E-state index is 12.4. The van der Waals surface area contributed by atoms with Gasteiger partial charge in [0.25, 0.3) is 42.2 Å². The smallest absolute Gasteiger partial charge is 0.333 e. The molecular formula is C41H52N3O14S3+.